The standard InChI is InChI=1S/C18H19NO2S3/c1-2-15-7-9-18(10-8-15)24(20,21)19(13-16-5-3-11-22-16)14-17-6-4-12-23-17/h3-12H,2,13-14H2,1H3. The highest BCUT2D eigenvalue weighted by Crippen LogP contribution is 2.24. The largest absolute Gasteiger partial charge is 0.243 e. The van der Waals surface area contributed by atoms with Crippen LogP contribution in [-0.2, 0) is 29.5 Å². The summed E-state index contributed by atoms with van der Waals surface area (Å²) in [5, 5.41) is 3.95. The van der Waals surface area contributed by atoms with E-state index in [2.05, 4.69) is 6.92 Å². The Kier molecular flexibility index (Phi) is 5.50. The van der Waals surface area contributed by atoms with Crippen molar-refractivity contribution in [2.45, 2.75) is 31.3 Å². The molecule has 126 valence electrons. The minimum Gasteiger partial charge on any atom is -0.207 e. The number of aryl methyl sites for hydroxylation is 1. The monoisotopic (exact) mass is 377 g/mol. The third-order valence-electron chi connectivity index (χ3n) is 3.79. The van der Waals surface area contributed by atoms with E-state index < -0.39 is 10.0 Å². The molecule has 0 unspecified atom stereocenters. The molecular weight excluding hydrogens is 358 g/mol. The minimum absolute atomic E-state index is 0.354. The van der Waals surface area contributed by atoms with E-state index in [0.717, 1.165) is 21.7 Å². The average molecular weight is 378 g/mol. The zero-order valence-electron chi connectivity index (χ0n) is 13.4. The molecule has 0 atom stereocenters. The van der Waals surface area contributed by atoms with E-state index in [4.69, 9.17) is 0 Å². The molecule has 1 aromatic carbocycles. The van der Waals surface area contributed by atoms with Crippen LogP contribution < -0.4 is 0 Å². The highest BCUT2D eigenvalue weighted by atomic mass is 32.2. The van der Waals surface area contributed by atoms with Crippen molar-refractivity contribution < 1.29 is 8.42 Å². The van der Waals surface area contributed by atoms with Crippen molar-refractivity contribution in [2.24, 2.45) is 0 Å². The van der Waals surface area contributed by atoms with E-state index in [0.29, 0.717) is 18.0 Å². The van der Waals surface area contributed by atoms with E-state index in [9.17, 15) is 8.42 Å². The Morgan fingerprint density at radius 2 is 1.42 bits per heavy atom. The molecule has 0 radical (unpaired) electrons. The summed E-state index contributed by atoms with van der Waals surface area (Å²) in [7, 11) is -3.53. The Balaban J connectivity index is 1.92. The second-order valence-corrected chi connectivity index (χ2v) is 9.43. The number of hydrogen-bond donors (Lipinski definition) is 0. The molecule has 0 bridgehead atoms. The Morgan fingerprint density at radius 1 is 0.875 bits per heavy atom. The molecule has 24 heavy (non-hydrogen) atoms. The topological polar surface area (TPSA) is 37.4 Å². The lowest BCUT2D eigenvalue weighted by atomic mass is 10.2. The summed E-state index contributed by atoms with van der Waals surface area (Å²) in [6.45, 7) is 2.85. The smallest absolute Gasteiger partial charge is 0.207 e. The zero-order valence-corrected chi connectivity index (χ0v) is 15.8. The summed E-state index contributed by atoms with van der Waals surface area (Å²) in [6, 6.07) is 15.1. The lowest BCUT2D eigenvalue weighted by molar-refractivity contribution is 0.407. The van der Waals surface area contributed by atoms with Crippen molar-refractivity contribution >= 4 is 32.7 Å². The molecule has 0 aliphatic heterocycles. The first-order chi connectivity index (χ1) is 11.6. The van der Waals surface area contributed by atoms with Crippen molar-refractivity contribution in [1.82, 2.24) is 4.31 Å². The first-order valence-corrected chi connectivity index (χ1v) is 10.9. The van der Waals surface area contributed by atoms with Crippen LogP contribution in [0.15, 0.2) is 64.2 Å². The molecule has 2 heterocycles. The Hall–Kier alpha value is -1.47. The van der Waals surface area contributed by atoms with Gasteiger partial charge in [-0.05, 0) is 47.0 Å². The van der Waals surface area contributed by atoms with Crippen molar-refractivity contribution in [3.05, 3.63) is 74.6 Å². The number of hydrogen-bond acceptors (Lipinski definition) is 4. The van der Waals surface area contributed by atoms with E-state index in [-0.39, 0.29) is 0 Å². The Bertz CT molecular complexity index is 815. The summed E-state index contributed by atoms with van der Waals surface area (Å²) in [6.07, 6.45) is 0.897. The molecule has 6 heteroatoms. The number of rotatable bonds is 7. The maximum atomic E-state index is 13.1. The third kappa shape index (κ3) is 3.95. The highest BCUT2D eigenvalue weighted by molar-refractivity contribution is 7.89. The van der Waals surface area contributed by atoms with Gasteiger partial charge in [-0.2, -0.15) is 4.31 Å². The van der Waals surface area contributed by atoms with E-state index >= 15 is 0 Å². The molecule has 0 aliphatic rings. The maximum absolute atomic E-state index is 13.1. The lowest BCUT2D eigenvalue weighted by Crippen LogP contribution is -2.29. The van der Waals surface area contributed by atoms with Gasteiger partial charge in [0.15, 0.2) is 0 Å². The van der Waals surface area contributed by atoms with Gasteiger partial charge in [0, 0.05) is 22.8 Å². The first kappa shape index (κ1) is 17.4. The molecule has 0 fully saturated rings. The molecule has 0 aliphatic carbocycles. The fraction of sp³-hybridized carbons (Fsp3) is 0.222. The van der Waals surface area contributed by atoms with Gasteiger partial charge in [-0.15, -0.1) is 22.7 Å². The second-order valence-electron chi connectivity index (χ2n) is 5.43. The molecule has 0 amide bonds. The zero-order chi connectivity index (χ0) is 17.0. The Labute approximate surface area is 151 Å². The molecule has 0 saturated carbocycles. The second kappa shape index (κ2) is 7.61. The van der Waals surface area contributed by atoms with Gasteiger partial charge in [0.1, 0.15) is 0 Å². The quantitative estimate of drug-likeness (QED) is 0.595. The van der Waals surface area contributed by atoms with Crippen LogP contribution in [-0.4, -0.2) is 12.7 Å². The summed E-state index contributed by atoms with van der Waals surface area (Å²) >= 11 is 3.16. The van der Waals surface area contributed by atoms with Crippen LogP contribution in [0.4, 0.5) is 0 Å². The summed E-state index contributed by atoms with van der Waals surface area (Å²) in [5.74, 6) is 0. The van der Waals surface area contributed by atoms with Gasteiger partial charge in [-0.1, -0.05) is 31.2 Å². The molecule has 3 rings (SSSR count). The summed E-state index contributed by atoms with van der Waals surface area (Å²) in [5.41, 5.74) is 1.14. The van der Waals surface area contributed by atoms with E-state index in [1.807, 2.05) is 47.2 Å². The van der Waals surface area contributed by atoms with Gasteiger partial charge in [0.2, 0.25) is 10.0 Å². The summed E-state index contributed by atoms with van der Waals surface area (Å²) < 4.78 is 27.8. The van der Waals surface area contributed by atoms with Gasteiger partial charge in [-0.25, -0.2) is 8.42 Å². The first-order valence-electron chi connectivity index (χ1n) is 7.73. The number of benzene rings is 1. The molecule has 0 spiro atoms. The maximum Gasteiger partial charge on any atom is 0.243 e. The van der Waals surface area contributed by atoms with Crippen LogP contribution in [0.25, 0.3) is 0 Å². The minimum atomic E-state index is -3.53. The highest BCUT2D eigenvalue weighted by Gasteiger charge is 2.25. The van der Waals surface area contributed by atoms with Crippen LogP contribution >= 0.6 is 22.7 Å². The predicted molar refractivity (Wildman–Crippen MR) is 101 cm³/mol. The van der Waals surface area contributed by atoms with Crippen molar-refractivity contribution in [3.8, 4) is 0 Å². The van der Waals surface area contributed by atoms with Gasteiger partial charge in [0.25, 0.3) is 0 Å². The van der Waals surface area contributed by atoms with Gasteiger partial charge in [0.05, 0.1) is 4.90 Å². The predicted octanol–water partition coefficient (Wildman–Crippen LogP) is 4.76. The number of nitrogens with zero attached hydrogens (tertiary/aromatic N) is 1. The van der Waals surface area contributed by atoms with Crippen molar-refractivity contribution in [3.63, 3.8) is 0 Å². The molecule has 2 aromatic heterocycles. The van der Waals surface area contributed by atoms with Crippen molar-refractivity contribution in [2.75, 3.05) is 0 Å². The van der Waals surface area contributed by atoms with Crippen LogP contribution in [0.2, 0.25) is 0 Å². The van der Waals surface area contributed by atoms with Gasteiger partial charge in [-0.3, -0.25) is 0 Å². The molecule has 0 saturated heterocycles. The van der Waals surface area contributed by atoms with Crippen LogP contribution in [0.5, 0.6) is 0 Å². The van der Waals surface area contributed by atoms with Crippen molar-refractivity contribution in [1.29, 1.82) is 0 Å². The third-order valence-corrected chi connectivity index (χ3v) is 7.32. The molecule has 0 N–H and O–H groups in total. The number of thiophene rings is 2. The van der Waals surface area contributed by atoms with Crippen LogP contribution in [0, 0.1) is 0 Å². The average Bonchev–Trinajstić information content (AvgIpc) is 3.28. The normalized spacial score (nSPS) is 11.9. The van der Waals surface area contributed by atoms with Gasteiger partial charge >= 0.3 is 0 Å². The molecule has 3 aromatic rings. The fourth-order valence-corrected chi connectivity index (χ4v) is 5.42. The van der Waals surface area contributed by atoms with Gasteiger partial charge < -0.3 is 0 Å². The van der Waals surface area contributed by atoms with E-state index in [1.54, 1.807) is 39.1 Å². The lowest BCUT2D eigenvalue weighted by Gasteiger charge is -2.21. The SMILES string of the molecule is CCc1ccc(S(=O)(=O)N(Cc2cccs2)Cc2cccs2)cc1. The van der Waals surface area contributed by atoms with E-state index in [1.165, 1.54) is 0 Å². The number of sulfonamides is 1. The van der Waals surface area contributed by atoms with Crippen LogP contribution in [0.1, 0.15) is 22.2 Å². The van der Waals surface area contributed by atoms with Crippen LogP contribution in [0.3, 0.4) is 0 Å². The fourth-order valence-electron chi connectivity index (χ4n) is 2.42. The Morgan fingerprint density at radius 3 is 1.83 bits per heavy atom. The summed E-state index contributed by atoms with van der Waals surface area (Å²) in [4.78, 5) is 2.44. The molecule has 3 nitrogen and oxygen atoms in total. The molecular formula is C18H19NO2S3.